The van der Waals surface area contributed by atoms with Gasteiger partial charge in [0.25, 0.3) is 6.08 Å². The van der Waals surface area contributed by atoms with Crippen LogP contribution in [0.25, 0.3) is 0 Å². The maximum atomic E-state index is 12.7. The molecule has 0 radical (unpaired) electrons. The van der Waals surface area contributed by atoms with Crippen molar-refractivity contribution >= 4 is 27.8 Å². The van der Waals surface area contributed by atoms with Crippen molar-refractivity contribution in [2.45, 2.75) is 38.3 Å². The molecule has 1 atom stereocenters. The predicted octanol–water partition coefficient (Wildman–Crippen LogP) is 4.59. The minimum Gasteiger partial charge on any atom is -0.445 e. The zero-order valence-electron chi connectivity index (χ0n) is 13.6. The van der Waals surface area contributed by atoms with E-state index in [-0.39, 0.29) is 42.1 Å². The third kappa shape index (κ3) is 5.92. The molecule has 1 fully saturated rings. The van der Waals surface area contributed by atoms with E-state index in [2.05, 4.69) is 21.2 Å². The molecule has 1 amide bonds. The summed E-state index contributed by atoms with van der Waals surface area (Å²) in [7, 11) is 0. The Hall–Kier alpha value is -1.76. The average molecular weight is 416 g/mol. The fraction of sp³-hybridized carbons (Fsp3) is 0.444. The lowest BCUT2D eigenvalue weighted by Crippen LogP contribution is -2.47. The molecule has 0 saturated heterocycles. The van der Waals surface area contributed by atoms with Crippen LogP contribution in [0.5, 0.6) is 0 Å². The number of carbonyl (C=O) groups is 2. The summed E-state index contributed by atoms with van der Waals surface area (Å²) in [6.07, 6.45) is -0.929. The summed E-state index contributed by atoms with van der Waals surface area (Å²) in [5.41, 5.74) is 0.986. The molecule has 1 aromatic rings. The van der Waals surface area contributed by atoms with Gasteiger partial charge in [-0.05, 0) is 42.7 Å². The smallest absolute Gasteiger partial charge is 0.408 e. The number of nitrogens with one attached hydrogen (secondary N) is 1. The fourth-order valence-electron chi connectivity index (χ4n) is 2.95. The SMILES string of the molecule is O=C(N[C@H](C(=O)CBr)C1CCC(=C(F)F)CC1)OCc1ccccc1. The molecule has 136 valence electrons. The Kier molecular flexibility index (Phi) is 7.55. The lowest BCUT2D eigenvalue weighted by Gasteiger charge is -2.30. The summed E-state index contributed by atoms with van der Waals surface area (Å²) in [5, 5.41) is 2.70. The van der Waals surface area contributed by atoms with Crippen LogP contribution in [0.2, 0.25) is 0 Å². The van der Waals surface area contributed by atoms with Gasteiger partial charge in [0.2, 0.25) is 0 Å². The van der Waals surface area contributed by atoms with Crippen molar-refractivity contribution in [1.29, 1.82) is 0 Å². The van der Waals surface area contributed by atoms with Crippen LogP contribution < -0.4 is 5.32 Å². The predicted molar refractivity (Wildman–Crippen MR) is 93.6 cm³/mol. The maximum absolute atomic E-state index is 12.7. The van der Waals surface area contributed by atoms with E-state index >= 15 is 0 Å². The number of allylic oxidation sites excluding steroid dienone is 1. The quantitative estimate of drug-likeness (QED) is 0.691. The van der Waals surface area contributed by atoms with Crippen LogP contribution in [-0.4, -0.2) is 23.2 Å². The third-order valence-corrected chi connectivity index (χ3v) is 4.89. The molecule has 7 heteroatoms. The molecule has 1 aliphatic rings. The number of benzene rings is 1. The van der Waals surface area contributed by atoms with Crippen molar-refractivity contribution in [2.75, 3.05) is 5.33 Å². The summed E-state index contributed by atoms with van der Waals surface area (Å²) in [6.45, 7) is 0.104. The van der Waals surface area contributed by atoms with Crippen LogP contribution in [0.15, 0.2) is 42.0 Å². The molecule has 2 rings (SSSR count). The minimum absolute atomic E-state index is 0.0906. The lowest BCUT2D eigenvalue weighted by atomic mass is 9.80. The van der Waals surface area contributed by atoms with Crippen LogP contribution in [-0.2, 0) is 16.1 Å². The molecule has 0 aromatic heterocycles. The number of hydrogen-bond donors (Lipinski definition) is 1. The van der Waals surface area contributed by atoms with E-state index in [1.807, 2.05) is 30.3 Å². The van der Waals surface area contributed by atoms with Gasteiger partial charge >= 0.3 is 6.09 Å². The average Bonchev–Trinajstić information content (AvgIpc) is 2.64. The Labute approximate surface area is 153 Å². The first-order valence-corrected chi connectivity index (χ1v) is 9.22. The Morgan fingerprint density at radius 1 is 1.20 bits per heavy atom. The molecule has 1 N–H and O–H groups in total. The number of alkyl halides is 1. The summed E-state index contributed by atoms with van der Waals surface area (Å²) in [6, 6.07) is 8.46. The van der Waals surface area contributed by atoms with Crippen molar-refractivity contribution in [2.24, 2.45) is 5.92 Å². The molecule has 0 heterocycles. The number of hydrogen-bond acceptors (Lipinski definition) is 3. The van der Waals surface area contributed by atoms with E-state index in [0.717, 1.165) is 5.56 Å². The van der Waals surface area contributed by atoms with Gasteiger partial charge in [-0.3, -0.25) is 4.79 Å². The normalized spacial score (nSPS) is 18.4. The van der Waals surface area contributed by atoms with Gasteiger partial charge in [0, 0.05) is 0 Å². The zero-order valence-corrected chi connectivity index (χ0v) is 15.2. The van der Waals surface area contributed by atoms with E-state index in [1.165, 1.54) is 0 Å². The molecule has 0 aliphatic heterocycles. The van der Waals surface area contributed by atoms with Crippen molar-refractivity contribution in [1.82, 2.24) is 5.32 Å². The van der Waals surface area contributed by atoms with Crippen molar-refractivity contribution in [3.8, 4) is 0 Å². The van der Waals surface area contributed by atoms with Crippen LogP contribution in [0.3, 0.4) is 0 Å². The molecule has 4 nitrogen and oxygen atoms in total. The standard InChI is InChI=1S/C18H20BrF2NO3/c19-10-15(23)16(13-6-8-14(9-7-13)17(20)21)22-18(24)25-11-12-4-2-1-3-5-12/h1-5,13,16H,6-11H2,(H,22,24)/t16-/m0/s1. The summed E-state index contributed by atoms with van der Waals surface area (Å²) in [4.78, 5) is 24.2. The van der Waals surface area contributed by atoms with E-state index in [0.29, 0.717) is 12.8 Å². The van der Waals surface area contributed by atoms with E-state index in [4.69, 9.17) is 4.74 Å². The highest BCUT2D eigenvalue weighted by atomic mass is 79.9. The molecule has 0 bridgehead atoms. The van der Waals surface area contributed by atoms with Crippen LogP contribution in [0, 0.1) is 5.92 Å². The maximum Gasteiger partial charge on any atom is 0.408 e. The third-order valence-electron chi connectivity index (χ3n) is 4.34. The van der Waals surface area contributed by atoms with Crippen molar-refractivity contribution < 1.29 is 23.1 Å². The van der Waals surface area contributed by atoms with Gasteiger partial charge in [0.1, 0.15) is 6.61 Å². The highest BCUT2D eigenvalue weighted by molar-refractivity contribution is 9.09. The van der Waals surface area contributed by atoms with Crippen molar-refractivity contribution in [3.05, 3.63) is 47.5 Å². The molecule has 0 unspecified atom stereocenters. The largest absolute Gasteiger partial charge is 0.445 e. The summed E-state index contributed by atoms with van der Waals surface area (Å²) in [5.74, 6) is -0.354. The van der Waals surface area contributed by atoms with Crippen LogP contribution in [0.4, 0.5) is 13.6 Å². The molecule has 25 heavy (non-hydrogen) atoms. The molecular weight excluding hydrogens is 396 g/mol. The number of ketones is 1. The van der Waals surface area contributed by atoms with Gasteiger partial charge in [0.15, 0.2) is 5.78 Å². The Balaban J connectivity index is 1.92. The number of ether oxygens (including phenoxy) is 1. The summed E-state index contributed by atoms with van der Waals surface area (Å²) < 4.78 is 30.5. The second-order valence-corrected chi connectivity index (χ2v) is 6.55. The fourth-order valence-corrected chi connectivity index (χ4v) is 3.30. The zero-order chi connectivity index (χ0) is 18.2. The molecule has 1 aliphatic carbocycles. The second-order valence-electron chi connectivity index (χ2n) is 5.99. The summed E-state index contributed by atoms with van der Waals surface area (Å²) >= 11 is 3.11. The Morgan fingerprint density at radius 2 is 1.84 bits per heavy atom. The molecule has 0 spiro atoms. The first-order valence-electron chi connectivity index (χ1n) is 8.10. The van der Waals surface area contributed by atoms with Gasteiger partial charge in [-0.2, -0.15) is 8.78 Å². The molecule has 1 aromatic carbocycles. The molecule has 1 saturated carbocycles. The van der Waals surface area contributed by atoms with Crippen LogP contribution >= 0.6 is 15.9 Å². The van der Waals surface area contributed by atoms with Crippen LogP contribution in [0.1, 0.15) is 31.2 Å². The molecular formula is C18H20BrF2NO3. The topological polar surface area (TPSA) is 55.4 Å². The highest BCUT2D eigenvalue weighted by Crippen LogP contribution is 2.33. The van der Waals surface area contributed by atoms with Gasteiger partial charge in [-0.15, -0.1) is 0 Å². The van der Waals surface area contributed by atoms with Gasteiger partial charge < -0.3 is 10.1 Å². The van der Waals surface area contributed by atoms with E-state index < -0.39 is 18.2 Å². The van der Waals surface area contributed by atoms with E-state index in [9.17, 15) is 18.4 Å². The Bertz CT molecular complexity index is 622. The number of amides is 1. The number of Topliss-reactive ketones (excluding diaryl/α,β-unsaturated/α-hetero) is 1. The number of carbonyl (C=O) groups excluding carboxylic acids is 2. The first-order chi connectivity index (χ1) is 12.0. The second kappa shape index (κ2) is 9.65. The first kappa shape index (κ1) is 19.6. The number of rotatable bonds is 6. The monoisotopic (exact) mass is 415 g/mol. The van der Waals surface area contributed by atoms with Gasteiger partial charge in [0.05, 0.1) is 11.4 Å². The number of halogens is 3. The highest BCUT2D eigenvalue weighted by Gasteiger charge is 2.32. The number of alkyl carbamates (subject to hydrolysis) is 1. The minimum atomic E-state index is -1.63. The lowest BCUT2D eigenvalue weighted by molar-refractivity contribution is -0.119. The Morgan fingerprint density at radius 3 is 2.40 bits per heavy atom. The van der Waals surface area contributed by atoms with Gasteiger partial charge in [-0.25, -0.2) is 4.79 Å². The van der Waals surface area contributed by atoms with E-state index in [1.54, 1.807) is 0 Å². The van der Waals surface area contributed by atoms with Crippen molar-refractivity contribution in [3.63, 3.8) is 0 Å². The van der Waals surface area contributed by atoms with Gasteiger partial charge in [-0.1, -0.05) is 46.3 Å².